The first-order valence-electron chi connectivity index (χ1n) is 9.21. The third kappa shape index (κ3) is 4.22. The van der Waals surface area contributed by atoms with Crippen LogP contribution in [0.2, 0.25) is 0 Å². The highest BCUT2D eigenvalue weighted by molar-refractivity contribution is 9.10. The highest BCUT2D eigenvalue weighted by Crippen LogP contribution is 2.32. The molecular formula is C20H20BrN3O4S. The summed E-state index contributed by atoms with van der Waals surface area (Å²) >= 11 is 3.33. The quantitative estimate of drug-likeness (QED) is 0.550. The van der Waals surface area contributed by atoms with Crippen molar-refractivity contribution in [1.29, 1.82) is 0 Å². The third-order valence-corrected chi connectivity index (χ3v) is 7.47. The summed E-state index contributed by atoms with van der Waals surface area (Å²) in [4.78, 5) is 0.304. The van der Waals surface area contributed by atoms with Gasteiger partial charge in [-0.1, -0.05) is 15.9 Å². The molecule has 2 aromatic carbocycles. The average Bonchev–Trinajstić information content (AvgIpc) is 3.24. The van der Waals surface area contributed by atoms with Gasteiger partial charge in [0.2, 0.25) is 21.8 Å². The number of halogens is 1. The fourth-order valence-electron chi connectivity index (χ4n) is 3.35. The molecule has 2 heterocycles. The van der Waals surface area contributed by atoms with Crippen LogP contribution < -0.4 is 4.74 Å². The molecule has 1 saturated heterocycles. The summed E-state index contributed by atoms with van der Waals surface area (Å²) in [7, 11) is -1.88. The van der Waals surface area contributed by atoms with Gasteiger partial charge in [0.05, 0.1) is 12.0 Å². The van der Waals surface area contributed by atoms with Gasteiger partial charge in [0, 0.05) is 29.0 Å². The summed E-state index contributed by atoms with van der Waals surface area (Å²) in [6.45, 7) is 0.840. The number of benzene rings is 2. The fourth-order valence-corrected chi connectivity index (χ4v) is 5.08. The lowest BCUT2D eigenvalue weighted by molar-refractivity contribution is 0.291. The van der Waals surface area contributed by atoms with E-state index in [1.807, 2.05) is 24.3 Å². The molecule has 1 aliphatic rings. The number of hydrogen-bond acceptors (Lipinski definition) is 6. The van der Waals surface area contributed by atoms with E-state index in [-0.39, 0.29) is 5.92 Å². The minimum absolute atomic E-state index is 0.0471. The molecule has 152 valence electrons. The summed E-state index contributed by atoms with van der Waals surface area (Å²) < 4.78 is 39.1. The van der Waals surface area contributed by atoms with Crippen LogP contribution in [0.15, 0.2) is 62.3 Å². The SMILES string of the molecule is COc1ccc(-c2nnc(C3CCN(S(=O)(=O)c4ccc(Br)cc4)CC3)o2)cc1. The molecule has 0 atom stereocenters. The van der Waals surface area contributed by atoms with Crippen molar-refractivity contribution in [1.82, 2.24) is 14.5 Å². The maximum Gasteiger partial charge on any atom is 0.247 e. The predicted octanol–water partition coefficient (Wildman–Crippen LogP) is 4.08. The Morgan fingerprint density at radius 2 is 1.69 bits per heavy atom. The molecule has 1 fully saturated rings. The predicted molar refractivity (Wildman–Crippen MR) is 111 cm³/mol. The van der Waals surface area contributed by atoms with Crippen LogP contribution in [0.5, 0.6) is 5.75 Å². The van der Waals surface area contributed by atoms with E-state index in [2.05, 4.69) is 26.1 Å². The van der Waals surface area contributed by atoms with E-state index in [0.29, 0.717) is 42.6 Å². The Labute approximate surface area is 177 Å². The van der Waals surface area contributed by atoms with E-state index in [1.165, 1.54) is 4.31 Å². The first-order chi connectivity index (χ1) is 14.0. The zero-order valence-corrected chi connectivity index (χ0v) is 18.2. The fraction of sp³-hybridized carbons (Fsp3) is 0.300. The van der Waals surface area contributed by atoms with E-state index >= 15 is 0 Å². The number of rotatable bonds is 5. The molecule has 0 unspecified atom stereocenters. The number of sulfonamides is 1. The number of nitrogens with zero attached hydrogens (tertiary/aromatic N) is 3. The van der Waals surface area contributed by atoms with E-state index in [1.54, 1.807) is 31.4 Å². The van der Waals surface area contributed by atoms with Gasteiger partial charge in [-0.15, -0.1) is 10.2 Å². The van der Waals surface area contributed by atoms with Gasteiger partial charge in [0.25, 0.3) is 0 Å². The lowest BCUT2D eigenvalue weighted by Crippen LogP contribution is -2.37. The highest BCUT2D eigenvalue weighted by atomic mass is 79.9. The normalized spacial score (nSPS) is 16.1. The summed E-state index contributed by atoms with van der Waals surface area (Å²) in [5.41, 5.74) is 0.819. The minimum Gasteiger partial charge on any atom is -0.497 e. The van der Waals surface area contributed by atoms with Crippen molar-refractivity contribution in [2.45, 2.75) is 23.7 Å². The summed E-state index contributed by atoms with van der Waals surface area (Å²) in [6.07, 6.45) is 1.28. The molecule has 0 aliphatic carbocycles. The second-order valence-corrected chi connectivity index (χ2v) is 9.66. The molecular weight excluding hydrogens is 458 g/mol. The Hall–Kier alpha value is -2.23. The lowest BCUT2D eigenvalue weighted by atomic mass is 9.98. The molecule has 1 aromatic heterocycles. The van der Waals surface area contributed by atoms with Gasteiger partial charge in [0.15, 0.2) is 0 Å². The Kier molecular flexibility index (Phi) is 5.71. The van der Waals surface area contributed by atoms with Crippen molar-refractivity contribution >= 4 is 26.0 Å². The molecule has 0 N–H and O–H groups in total. The van der Waals surface area contributed by atoms with Crippen LogP contribution in [-0.4, -0.2) is 43.1 Å². The molecule has 3 aromatic rings. The van der Waals surface area contributed by atoms with Gasteiger partial charge in [-0.2, -0.15) is 4.31 Å². The van der Waals surface area contributed by atoms with Gasteiger partial charge in [0.1, 0.15) is 5.75 Å². The molecule has 0 saturated carbocycles. The van der Waals surface area contributed by atoms with Gasteiger partial charge in [-0.3, -0.25) is 0 Å². The maximum atomic E-state index is 12.8. The molecule has 4 rings (SSSR count). The molecule has 0 amide bonds. The molecule has 7 nitrogen and oxygen atoms in total. The van der Waals surface area contributed by atoms with E-state index in [0.717, 1.165) is 15.8 Å². The molecule has 0 bridgehead atoms. The van der Waals surface area contributed by atoms with Crippen LogP contribution in [0.3, 0.4) is 0 Å². The van der Waals surface area contributed by atoms with Crippen LogP contribution in [0.25, 0.3) is 11.5 Å². The number of hydrogen-bond donors (Lipinski definition) is 0. The van der Waals surface area contributed by atoms with Crippen molar-refractivity contribution in [3.8, 4) is 17.2 Å². The second-order valence-electron chi connectivity index (χ2n) is 6.81. The largest absolute Gasteiger partial charge is 0.497 e. The number of aromatic nitrogens is 2. The minimum atomic E-state index is -3.49. The average molecular weight is 478 g/mol. The van der Waals surface area contributed by atoms with Gasteiger partial charge in [-0.25, -0.2) is 8.42 Å². The molecule has 9 heteroatoms. The Morgan fingerprint density at radius 3 is 2.31 bits per heavy atom. The van der Waals surface area contributed by atoms with Crippen LogP contribution in [0, 0.1) is 0 Å². The Balaban J connectivity index is 1.43. The van der Waals surface area contributed by atoms with Gasteiger partial charge in [-0.05, 0) is 61.4 Å². The van der Waals surface area contributed by atoms with Crippen molar-refractivity contribution in [2.24, 2.45) is 0 Å². The Morgan fingerprint density at radius 1 is 1.03 bits per heavy atom. The first kappa shape index (κ1) is 20.1. The summed E-state index contributed by atoms with van der Waals surface area (Å²) in [6, 6.07) is 14.1. The van der Waals surface area contributed by atoms with Crippen molar-refractivity contribution in [2.75, 3.05) is 20.2 Å². The lowest BCUT2D eigenvalue weighted by Gasteiger charge is -2.29. The van der Waals surface area contributed by atoms with Crippen LogP contribution in [0.4, 0.5) is 0 Å². The monoisotopic (exact) mass is 477 g/mol. The third-order valence-electron chi connectivity index (χ3n) is 5.03. The van der Waals surface area contributed by atoms with Crippen molar-refractivity contribution < 1.29 is 17.6 Å². The van der Waals surface area contributed by atoms with Gasteiger partial charge >= 0.3 is 0 Å². The van der Waals surface area contributed by atoms with E-state index < -0.39 is 10.0 Å². The molecule has 1 aliphatic heterocycles. The van der Waals surface area contributed by atoms with Crippen molar-refractivity contribution in [3.63, 3.8) is 0 Å². The van der Waals surface area contributed by atoms with E-state index in [4.69, 9.17) is 9.15 Å². The van der Waals surface area contributed by atoms with Gasteiger partial charge < -0.3 is 9.15 Å². The van der Waals surface area contributed by atoms with Crippen LogP contribution >= 0.6 is 15.9 Å². The number of piperidine rings is 1. The highest BCUT2D eigenvalue weighted by Gasteiger charge is 2.32. The number of methoxy groups -OCH3 is 1. The zero-order chi connectivity index (χ0) is 20.4. The number of ether oxygens (including phenoxy) is 1. The zero-order valence-electron chi connectivity index (χ0n) is 15.8. The standard InChI is InChI=1S/C20H20BrN3O4S/c1-27-17-6-2-14(3-7-17)19-22-23-20(28-19)15-10-12-24(13-11-15)29(25,26)18-8-4-16(21)5-9-18/h2-9,15H,10-13H2,1H3. The smallest absolute Gasteiger partial charge is 0.247 e. The topological polar surface area (TPSA) is 85.5 Å². The summed E-state index contributed by atoms with van der Waals surface area (Å²) in [5, 5.41) is 8.34. The Bertz CT molecular complexity index is 1070. The van der Waals surface area contributed by atoms with Crippen LogP contribution in [0.1, 0.15) is 24.7 Å². The molecule has 0 radical (unpaired) electrons. The molecule has 0 spiro atoms. The second kappa shape index (κ2) is 8.25. The van der Waals surface area contributed by atoms with E-state index in [9.17, 15) is 8.42 Å². The maximum absolute atomic E-state index is 12.8. The van der Waals surface area contributed by atoms with Crippen molar-refractivity contribution in [3.05, 3.63) is 58.9 Å². The van der Waals surface area contributed by atoms with Crippen LogP contribution in [-0.2, 0) is 10.0 Å². The molecule has 29 heavy (non-hydrogen) atoms. The first-order valence-corrected chi connectivity index (χ1v) is 11.4. The summed E-state index contributed by atoms with van der Waals surface area (Å²) in [5.74, 6) is 1.81.